The van der Waals surface area contributed by atoms with Crippen LogP contribution in [0.2, 0.25) is 0 Å². The second-order valence-corrected chi connectivity index (χ2v) is 3.81. The number of H-pyrrole nitrogens is 1. The van der Waals surface area contributed by atoms with Gasteiger partial charge in [0.1, 0.15) is 5.82 Å². The van der Waals surface area contributed by atoms with E-state index in [1.54, 1.807) is 0 Å². The number of hydrogen-bond donors (Lipinski definition) is 2. The number of imidazole rings is 1. The van der Waals surface area contributed by atoms with Crippen molar-refractivity contribution in [2.45, 2.75) is 38.0 Å². The standard InChI is InChI=1S/C10H17N3/c11-6-2-5-9-7-12-10(13-9)8-3-1-4-8/h7-8H,1-6,11H2,(H,12,13). The van der Waals surface area contributed by atoms with Crippen LogP contribution in [0.15, 0.2) is 6.20 Å². The third kappa shape index (κ3) is 1.91. The summed E-state index contributed by atoms with van der Waals surface area (Å²) in [5.41, 5.74) is 6.69. The zero-order valence-electron chi connectivity index (χ0n) is 7.92. The molecular formula is C10H17N3. The van der Waals surface area contributed by atoms with Gasteiger partial charge in [-0.15, -0.1) is 0 Å². The van der Waals surface area contributed by atoms with Gasteiger partial charge in [0.25, 0.3) is 0 Å². The molecule has 0 unspecified atom stereocenters. The Labute approximate surface area is 78.7 Å². The molecule has 0 bridgehead atoms. The first-order chi connectivity index (χ1) is 6.40. The predicted octanol–water partition coefficient (Wildman–Crippen LogP) is 1.57. The molecule has 1 aromatic heterocycles. The van der Waals surface area contributed by atoms with Crippen molar-refractivity contribution in [3.05, 3.63) is 17.7 Å². The molecule has 0 saturated heterocycles. The minimum atomic E-state index is 0.714. The van der Waals surface area contributed by atoms with Gasteiger partial charge in [0.05, 0.1) is 0 Å². The maximum absolute atomic E-state index is 5.45. The fourth-order valence-corrected chi connectivity index (χ4v) is 1.69. The first kappa shape index (κ1) is 8.75. The highest BCUT2D eigenvalue weighted by atomic mass is 14.9. The molecule has 1 saturated carbocycles. The van der Waals surface area contributed by atoms with E-state index in [1.807, 2.05) is 6.20 Å². The highest BCUT2D eigenvalue weighted by Crippen LogP contribution is 2.34. The number of rotatable bonds is 4. The first-order valence-corrected chi connectivity index (χ1v) is 5.14. The van der Waals surface area contributed by atoms with Gasteiger partial charge in [-0.05, 0) is 32.2 Å². The van der Waals surface area contributed by atoms with Gasteiger partial charge in [0, 0.05) is 17.8 Å². The van der Waals surface area contributed by atoms with Crippen molar-refractivity contribution >= 4 is 0 Å². The maximum atomic E-state index is 5.45. The van der Waals surface area contributed by atoms with Crippen molar-refractivity contribution < 1.29 is 0 Å². The maximum Gasteiger partial charge on any atom is 0.109 e. The van der Waals surface area contributed by atoms with E-state index in [1.165, 1.54) is 30.8 Å². The normalized spacial score (nSPS) is 17.3. The van der Waals surface area contributed by atoms with Gasteiger partial charge in [-0.3, -0.25) is 0 Å². The molecule has 1 aromatic rings. The van der Waals surface area contributed by atoms with Crippen molar-refractivity contribution in [3.63, 3.8) is 0 Å². The minimum absolute atomic E-state index is 0.714. The molecule has 72 valence electrons. The van der Waals surface area contributed by atoms with Crippen LogP contribution in [-0.2, 0) is 6.42 Å². The number of nitrogens with zero attached hydrogens (tertiary/aromatic N) is 1. The zero-order valence-corrected chi connectivity index (χ0v) is 7.92. The van der Waals surface area contributed by atoms with Crippen LogP contribution in [0.4, 0.5) is 0 Å². The summed E-state index contributed by atoms with van der Waals surface area (Å²) in [7, 11) is 0. The summed E-state index contributed by atoms with van der Waals surface area (Å²) in [4.78, 5) is 7.78. The summed E-state index contributed by atoms with van der Waals surface area (Å²) in [6, 6.07) is 0. The summed E-state index contributed by atoms with van der Waals surface area (Å²) in [6.45, 7) is 0.762. The topological polar surface area (TPSA) is 54.7 Å². The Hall–Kier alpha value is -0.830. The molecule has 0 amide bonds. The molecule has 0 atom stereocenters. The van der Waals surface area contributed by atoms with Gasteiger partial charge >= 0.3 is 0 Å². The van der Waals surface area contributed by atoms with Gasteiger partial charge < -0.3 is 10.7 Å². The van der Waals surface area contributed by atoms with Gasteiger partial charge in [-0.2, -0.15) is 0 Å². The number of nitrogens with one attached hydrogen (secondary N) is 1. The van der Waals surface area contributed by atoms with E-state index in [9.17, 15) is 0 Å². The Morgan fingerprint density at radius 1 is 1.54 bits per heavy atom. The van der Waals surface area contributed by atoms with Gasteiger partial charge in [0.2, 0.25) is 0 Å². The predicted molar refractivity (Wildman–Crippen MR) is 52.6 cm³/mol. The molecule has 0 spiro atoms. The summed E-state index contributed by atoms with van der Waals surface area (Å²) in [6.07, 6.45) is 8.03. The van der Waals surface area contributed by atoms with E-state index in [0.29, 0.717) is 5.92 Å². The fourth-order valence-electron chi connectivity index (χ4n) is 1.69. The summed E-state index contributed by atoms with van der Waals surface area (Å²) in [5.74, 6) is 1.91. The number of aryl methyl sites for hydroxylation is 1. The molecule has 3 nitrogen and oxygen atoms in total. The highest BCUT2D eigenvalue weighted by molar-refractivity contribution is 5.07. The second-order valence-electron chi connectivity index (χ2n) is 3.81. The van der Waals surface area contributed by atoms with Crippen LogP contribution in [0.5, 0.6) is 0 Å². The molecule has 1 aliphatic carbocycles. The SMILES string of the molecule is NCCCc1cnc(C2CCC2)[nH]1. The van der Waals surface area contributed by atoms with Crippen molar-refractivity contribution in [2.75, 3.05) is 6.54 Å². The van der Waals surface area contributed by atoms with Crippen molar-refractivity contribution in [1.82, 2.24) is 9.97 Å². The van der Waals surface area contributed by atoms with Crippen LogP contribution in [0, 0.1) is 0 Å². The largest absolute Gasteiger partial charge is 0.346 e. The molecule has 3 heteroatoms. The average Bonchev–Trinajstić information content (AvgIpc) is 2.46. The molecule has 0 aromatic carbocycles. The van der Waals surface area contributed by atoms with E-state index in [2.05, 4.69) is 9.97 Å². The lowest BCUT2D eigenvalue weighted by Gasteiger charge is -2.22. The third-order valence-corrected chi connectivity index (χ3v) is 2.79. The van der Waals surface area contributed by atoms with Crippen LogP contribution in [-0.4, -0.2) is 16.5 Å². The van der Waals surface area contributed by atoms with Crippen LogP contribution >= 0.6 is 0 Å². The lowest BCUT2D eigenvalue weighted by atomic mass is 9.85. The molecule has 1 aliphatic rings. The Kier molecular flexibility index (Phi) is 2.64. The number of aromatic nitrogens is 2. The second kappa shape index (κ2) is 3.92. The fraction of sp³-hybridized carbons (Fsp3) is 0.700. The van der Waals surface area contributed by atoms with Crippen LogP contribution in [0.1, 0.15) is 43.1 Å². The molecule has 1 fully saturated rings. The van der Waals surface area contributed by atoms with Crippen LogP contribution < -0.4 is 5.73 Å². The van der Waals surface area contributed by atoms with Crippen molar-refractivity contribution in [3.8, 4) is 0 Å². The number of aromatic amines is 1. The Morgan fingerprint density at radius 2 is 2.38 bits per heavy atom. The third-order valence-electron chi connectivity index (χ3n) is 2.79. The van der Waals surface area contributed by atoms with Gasteiger partial charge in [-0.1, -0.05) is 6.42 Å². The number of hydrogen-bond acceptors (Lipinski definition) is 2. The van der Waals surface area contributed by atoms with Crippen molar-refractivity contribution in [1.29, 1.82) is 0 Å². The highest BCUT2D eigenvalue weighted by Gasteiger charge is 2.21. The lowest BCUT2D eigenvalue weighted by molar-refractivity contribution is 0.403. The van der Waals surface area contributed by atoms with E-state index >= 15 is 0 Å². The average molecular weight is 179 g/mol. The Balaban J connectivity index is 1.92. The molecule has 3 N–H and O–H groups in total. The quantitative estimate of drug-likeness (QED) is 0.737. The molecule has 0 aliphatic heterocycles. The molecule has 2 rings (SSSR count). The molecule has 1 heterocycles. The van der Waals surface area contributed by atoms with Crippen LogP contribution in [0.25, 0.3) is 0 Å². The van der Waals surface area contributed by atoms with E-state index in [0.717, 1.165) is 19.4 Å². The Bertz CT molecular complexity index is 263. The molecular weight excluding hydrogens is 162 g/mol. The molecule has 13 heavy (non-hydrogen) atoms. The lowest BCUT2D eigenvalue weighted by Crippen LogP contribution is -2.10. The number of nitrogens with two attached hydrogens (primary N) is 1. The van der Waals surface area contributed by atoms with E-state index in [-0.39, 0.29) is 0 Å². The van der Waals surface area contributed by atoms with Crippen LogP contribution in [0.3, 0.4) is 0 Å². The first-order valence-electron chi connectivity index (χ1n) is 5.14. The van der Waals surface area contributed by atoms with E-state index in [4.69, 9.17) is 5.73 Å². The van der Waals surface area contributed by atoms with Gasteiger partial charge in [-0.25, -0.2) is 4.98 Å². The monoisotopic (exact) mass is 179 g/mol. The smallest absolute Gasteiger partial charge is 0.109 e. The summed E-state index contributed by atoms with van der Waals surface area (Å²) < 4.78 is 0. The zero-order chi connectivity index (χ0) is 9.10. The minimum Gasteiger partial charge on any atom is -0.346 e. The van der Waals surface area contributed by atoms with E-state index < -0.39 is 0 Å². The Morgan fingerprint density at radius 3 is 3.00 bits per heavy atom. The van der Waals surface area contributed by atoms with Crippen molar-refractivity contribution in [2.24, 2.45) is 5.73 Å². The summed E-state index contributed by atoms with van der Waals surface area (Å²) >= 11 is 0. The summed E-state index contributed by atoms with van der Waals surface area (Å²) in [5, 5.41) is 0. The van der Waals surface area contributed by atoms with Gasteiger partial charge in [0.15, 0.2) is 0 Å². The molecule has 0 radical (unpaired) electrons.